The highest BCUT2D eigenvalue weighted by Gasteiger charge is 2.22. The van der Waals surface area contributed by atoms with Gasteiger partial charge in [-0.1, -0.05) is 17.7 Å². The third kappa shape index (κ3) is 8.94. The Morgan fingerprint density at radius 1 is 1.39 bits per heavy atom. The van der Waals surface area contributed by atoms with E-state index in [1.807, 2.05) is 39.2 Å². The maximum absolute atomic E-state index is 12.8. The molecule has 1 fully saturated rings. The van der Waals surface area contributed by atoms with Crippen LogP contribution in [0.5, 0.6) is 0 Å². The Labute approximate surface area is 192 Å². The van der Waals surface area contributed by atoms with Crippen LogP contribution in [0.1, 0.15) is 42.9 Å². The molecule has 1 aliphatic rings. The van der Waals surface area contributed by atoms with Gasteiger partial charge in [-0.15, -0.1) is 0 Å². The first-order valence-electron chi connectivity index (χ1n) is 11.3. The Hall–Kier alpha value is -1.38. The molecule has 1 aromatic rings. The number of hydrogen-bond donors (Lipinski definition) is 3. The van der Waals surface area contributed by atoms with E-state index in [1.54, 1.807) is 4.90 Å². The summed E-state index contributed by atoms with van der Waals surface area (Å²) in [4.78, 5) is 14.6. The third-order valence-electron chi connectivity index (χ3n) is 5.84. The number of carbonyl (C=O) groups is 1. The number of likely N-dealkylation sites (N-methyl/N-ethyl adjacent to an activating group) is 1. The van der Waals surface area contributed by atoms with Crippen LogP contribution in [0, 0.1) is 12.8 Å². The minimum absolute atomic E-state index is 0.0623. The fourth-order valence-electron chi connectivity index (χ4n) is 4.02. The quantitative estimate of drug-likeness (QED) is 0.451. The number of halogens is 1. The summed E-state index contributed by atoms with van der Waals surface area (Å²) in [6.07, 6.45) is 3.60. The van der Waals surface area contributed by atoms with Crippen LogP contribution in [-0.4, -0.2) is 70.5 Å². The predicted octanol–water partition coefficient (Wildman–Crippen LogP) is 3.10. The van der Waals surface area contributed by atoms with E-state index in [0.717, 1.165) is 50.1 Å². The molecule has 0 radical (unpaired) electrons. The van der Waals surface area contributed by atoms with Crippen LogP contribution in [0.25, 0.3) is 0 Å². The summed E-state index contributed by atoms with van der Waals surface area (Å²) < 4.78 is 11.5. The van der Waals surface area contributed by atoms with Crippen LogP contribution >= 0.6 is 11.6 Å². The van der Waals surface area contributed by atoms with E-state index in [4.69, 9.17) is 26.8 Å². The molecular weight excluding hydrogens is 416 g/mol. The topological polar surface area (TPSA) is 88.8 Å². The lowest BCUT2D eigenvalue weighted by Crippen LogP contribution is -2.48. The highest BCUT2D eigenvalue weighted by molar-refractivity contribution is 6.30. The molecule has 0 spiro atoms. The number of carbonyl (C=O) groups excluding carboxylic acids is 1. The molecule has 0 unspecified atom stereocenters. The number of nitrogens with two attached hydrogens (primary N) is 1. The molecule has 0 saturated carbocycles. The number of rotatable bonds is 12. The Morgan fingerprint density at radius 2 is 2.13 bits per heavy atom. The number of aryl methyl sites for hydroxylation is 1. The molecule has 0 bridgehead atoms. The molecule has 1 aromatic carbocycles. The lowest BCUT2D eigenvalue weighted by atomic mass is 9.92. The van der Waals surface area contributed by atoms with Gasteiger partial charge in [0.2, 0.25) is 0 Å². The van der Waals surface area contributed by atoms with Gasteiger partial charge < -0.3 is 30.7 Å². The van der Waals surface area contributed by atoms with Gasteiger partial charge in [-0.25, -0.2) is 4.79 Å². The van der Waals surface area contributed by atoms with Crippen molar-refractivity contribution in [1.29, 1.82) is 0 Å². The van der Waals surface area contributed by atoms with Gasteiger partial charge >= 0.3 is 6.03 Å². The maximum atomic E-state index is 12.8. The van der Waals surface area contributed by atoms with E-state index in [9.17, 15) is 4.79 Å². The summed E-state index contributed by atoms with van der Waals surface area (Å²) in [5, 5.41) is 7.07. The summed E-state index contributed by atoms with van der Waals surface area (Å²) in [6.45, 7) is 5.90. The predicted molar refractivity (Wildman–Crippen MR) is 126 cm³/mol. The van der Waals surface area contributed by atoms with Gasteiger partial charge in [0.1, 0.15) is 0 Å². The zero-order valence-electron chi connectivity index (χ0n) is 19.2. The van der Waals surface area contributed by atoms with Crippen LogP contribution in [-0.2, 0) is 9.47 Å². The zero-order valence-corrected chi connectivity index (χ0v) is 19.9. The lowest BCUT2D eigenvalue weighted by Gasteiger charge is -2.29. The fraction of sp³-hybridized carbons (Fsp3) is 0.696. The van der Waals surface area contributed by atoms with Gasteiger partial charge in [0.05, 0.1) is 12.7 Å². The van der Waals surface area contributed by atoms with Gasteiger partial charge in [0.25, 0.3) is 0 Å². The highest BCUT2D eigenvalue weighted by Crippen LogP contribution is 2.27. The Bertz CT molecular complexity index is 670. The van der Waals surface area contributed by atoms with Gasteiger partial charge in [-0.2, -0.15) is 0 Å². The molecule has 0 aromatic heterocycles. The summed E-state index contributed by atoms with van der Waals surface area (Å²) in [7, 11) is 3.74. The number of amides is 2. The SMILES string of the molecule is CNC[C@H](CC1CCOCC1)NC(=O)N(C)CC[C@H](OCCN)c1cc(Cl)ccc1C. The molecule has 2 rings (SSSR count). The second-order valence-electron chi connectivity index (χ2n) is 8.35. The van der Waals surface area contributed by atoms with Crippen molar-refractivity contribution >= 4 is 17.6 Å². The Kier molecular flexibility index (Phi) is 11.6. The molecule has 7 nitrogen and oxygen atoms in total. The minimum atomic E-state index is -0.159. The molecule has 1 saturated heterocycles. The average molecular weight is 455 g/mol. The first-order chi connectivity index (χ1) is 14.9. The lowest BCUT2D eigenvalue weighted by molar-refractivity contribution is 0.0470. The molecule has 1 aliphatic heterocycles. The van der Waals surface area contributed by atoms with Crippen molar-refractivity contribution in [3.8, 4) is 0 Å². The van der Waals surface area contributed by atoms with Crippen molar-refractivity contribution in [3.05, 3.63) is 34.3 Å². The highest BCUT2D eigenvalue weighted by atomic mass is 35.5. The van der Waals surface area contributed by atoms with Crippen molar-refractivity contribution in [2.24, 2.45) is 11.7 Å². The first-order valence-corrected chi connectivity index (χ1v) is 11.6. The molecule has 8 heteroatoms. The molecule has 31 heavy (non-hydrogen) atoms. The van der Waals surface area contributed by atoms with E-state index < -0.39 is 0 Å². The molecule has 0 aliphatic carbocycles. The number of urea groups is 1. The van der Waals surface area contributed by atoms with E-state index in [-0.39, 0.29) is 18.2 Å². The molecular formula is C23H39ClN4O3. The maximum Gasteiger partial charge on any atom is 0.317 e. The Morgan fingerprint density at radius 3 is 2.81 bits per heavy atom. The second kappa shape index (κ2) is 13.9. The second-order valence-corrected chi connectivity index (χ2v) is 8.79. The average Bonchev–Trinajstić information content (AvgIpc) is 2.76. The van der Waals surface area contributed by atoms with E-state index in [1.165, 1.54) is 0 Å². The van der Waals surface area contributed by atoms with Crippen molar-refractivity contribution in [1.82, 2.24) is 15.5 Å². The number of hydrogen-bond acceptors (Lipinski definition) is 5. The first kappa shape index (κ1) is 25.9. The molecule has 1 heterocycles. The molecule has 176 valence electrons. The molecule has 2 amide bonds. The largest absolute Gasteiger partial charge is 0.381 e. The Balaban J connectivity index is 1.92. The summed E-state index contributed by atoms with van der Waals surface area (Å²) in [6, 6.07) is 5.84. The number of ether oxygens (including phenoxy) is 2. The van der Waals surface area contributed by atoms with Crippen LogP contribution in [0.2, 0.25) is 5.02 Å². The monoisotopic (exact) mass is 454 g/mol. The van der Waals surface area contributed by atoms with E-state index in [0.29, 0.717) is 37.1 Å². The van der Waals surface area contributed by atoms with Crippen LogP contribution in [0.4, 0.5) is 4.79 Å². The summed E-state index contributed by atoms with van der Waals surface area (Å²) in [5.74, 6) is 0.595. The smallest absolute Gasteiger partial charge is 0.317 e. The summed E-state index contributed by atoms with van der Waals surface area (Å²) in [5.41, 5.74) is 7.81. The van der Waals surface area contributed by atoms with Gasteiger partial charge in [-0.3, -0.25) is 0 Å². The van der Waals surface area contributed by atoms with Crippen molar-refractivity contribution in [2.45, 2.75) is 44.8 Å². The zero-order chi connectivity index (χ0) is 22.6. The van der Waals surface area contributed by atoms with Crippen molar-refractivity contribution < 1.29 is 14.3 Å². The molecule has 2 atom stereocenters. The number of nitrogens with one attached hydrogen (secondary N) is 2. The van der Waals surface area contributed by atoms with Crippen molar-refractivity contribution in [3.63, 3.8) is 0 Å². The standard InChI is InChI=1S/C23H39ClN4O3/c1-17-4-5-19(24)15-21(17)22(31-13-9-25)6-10-28(3)23(29)27-20(16-26-2)14-18-7-11-30-12-8-18/h4-5,15,18,20,22,26H,6-14,16,25H2,1-3H3,(H,27,29)/t20-,22-/m0/s1. The third-order valence-corrected chi connectivity index (χ3v) is 6.07. The van der Waals surface area contributed by atoms with Gasteiger partial charge in [-0.05, 0) is 68.8 Å². The van der Waals surface area contributed by atoms with Gasteiger partial charge in [0, 0.05) is 51.0 Å². The van der Waals surface area contributed by atoms with Crippen LogP contribution in [0.15, 0.2) is 18.2 Å². The van der Waals surface area contributed by atoms with Crippen LogP contribution in [0.3, 0.4) is 0 Å². The van der Waals surface area contributed by atoms with Crippen molar-refractivity contribution in [2.75, 3.05) is 53.6 Å². The van der Waals surface area contributed by atoms with E-state index in [2.05, 4.69) is 10.6 Å². The number of nitrogens with zero attached hydrogens (tertiary/aromatic N) is 1. The van der Waals surface area contributed by atoms with Crippen LogP contribution < -0.4 is 16.4 Å². The normalized spacial score (nSPS) is 16.7. The summed E-state index contributed by atoms with van der Waals surface area (Å²) >= 11 is 6.21. The number of benzene rings is 1. The minimum Gasteiger partial charge on any atom is -0.381 e. The molecule has 4 N–H and O–H groups in total. The van der Waals surface area contributed by atoms with Gasteiger partial charge in [0.15, 0.2) is 0 Å². The fourth-order valence-corrected chi connectivity index (χ4v) is 4.20. The van der Waals surface area contributed by atoms with E-state index >= 15 is 0 Å².